The fourth-order valence-electron chi connectivity index (χ4n) is 1.32. The first-order valence-corrected chi connectivity index (χ1v) is 5.79. The number of hydrogen-bond acceptors (Lipinski definition) is 6. The molecule has 7 heteroatoms. The lowest BCUT2D eigenvalue weighted by atomic mass is 9.95. The molecule has 1 N–H and O–H groups in total. The third-order valence-corrected chi connectivity index (χ3v) is 2.82. The number of rotatable bonds is 6. The van der Waals surface area contributed by atoms with Crippen LogP contribution in [-0.4, -0.2) is 46.5 Å². The molecule has 0 aromatic rings. The summed E-state index contributed by atoms with van der Waals surface area (Å²) in [5, 5.41) is 9.16. The van der Waals surface area contributed by atoms with E-state index in [4.69, 9.17) is 14.6 Å². The number of ether oxygens (including phenoxy) is 2. The number of esters is 2. The number of carbonyl (C=O) groups excluding carboxylic acids is 3. The van der Waals surface area contributed by atoms with Crippen molar-refractivity contribution in [2.75, 3.05) is 6.61 Å². The summed E-state index contributed by atoms with van der Waals surface area (Å²) >= 11 is 3.11. The maximum atomic E-state index is 11.2. The molecule has 3 atom stereocenters. The van der Waals surface area contributed by atoms with Crippen LogP contribution in [0.4, 0.5) is 0 Å². The van der Waals surface area contributed by atoms with Crippen molar-refractivity contribution in [1.29, 1.82) is 0 Å². The van der Waals surface area contributed by atoms with Gasteiger partial charge in [-0.2, -0.15) is 0 Å². The van der Waals surface area contributed by atoms with Crippen molar-refractivity contribution in [2.45, 2.75) is 37.3 Å². The van der Waals surface area contributed by atoms with Crippen molar-refractivity contribution in [3.8, 4) is 0 Å². The van der Waals surface area contributed by atoms with Crippen LogP contribution in [0.2, 0.25) is 0 Å². The number of aliphatic hydroxyl groups is 1. The predicted molar refractivity (Wildman–Crippen MR) is 61.6 cm³/mol. The monoisotopic (exact) mass is 310 g/mol. The standard InChI is InChI=1S/C10H15BrO6/c1-6(11)10(5-13,17-8(3)15)9(4-12)16-7(2)14/h5-6,9,12H,4H2,1-3H3. The number of aldehydes is 1. The van der Waals surface area contributed by atoms with Crippen LogP contribution in [0.3, 0.4) is 0 Å². The molecular weight excluding hydrogens is 296 g/mol. The van der Waals surface area contributed by atoms with Gasteiger partial charge in [0.05, 0.1) is 11.4 Å². The molecule has 0 aliphatic heterocycles. The molecule has 3 unspecified atom stereocenters. The quantitative estimate of drug-likeness (QED) is 0.428. The highest BCUT2D eigenvalue weighted by Gasteiger charge is 2.48. The molecule has 0 spiro atoms. The van der Waals surface area contributed by atoms with Gasteiger partial charge in [0.15, 0.2) is 12.4 Å². The van der Waals surface area contributed by atoms with Gasteiger partial charge < -0.3 is 14.6 Å². The Kier molecular flexibility index (Phi) is 6.33. The van der Waals surface area contributed by atoms with Gasteiger partial charge in [0.2, 0.25) is 5.60 Å². The summed E-state index contributed by atoms with van der Waals surface area (Å²) in [4.78, 5) is 32.4. The lowest BCUT2D eigenvalue weighted by Gasteiger charge is -2.35. The molecule has 0 fully saturated rings. The van der Waals surface area contributed by atoms with Gasteiger partial charge in [-0.05, 0) is 6.92 Å². The Bertz CT molecular complexity index is 303. The molecule has 0 radical (unpaired) electrons. The second-order valence-electron chi connectivity index (χ2n) is 3.46. The van der Waals surface area contributed by atoms with Crippen LogP contribution in [0.25, 0.3) is 0 Å². The van der Waals surface area contributed by atoms with E-state index in [1.54, 1.807) is 6.92 Å². The molecular formula is C10H15BrO6. The molecule has 0 bridgehead atoms. The number of halogens is 1. The number of carbonyl (C=O) groups is 3. The van der Waals surface area contributed by atoms with Crippen LogP contribution >= 0.6 is 15.9 Å². The van der Waals surface area contributed by atoms with Crippen LogP contribution in [0, 0.1) is 0 Å². The van der Waals surface area contributed by atoms with E-state index in [0.717, 1.165) is 13.8 Å². The molecule has 0 aromatic carbocycles. The summed E-state index contributed by atoms with van der Waals surface area (Å²) in [6.07, 6.45) is -0.909. The summed E-state index contributed by atoms with van der Waals surface area (Å²) in [6, 6.07) is 0. The van der Waals surface area contributed by atoms with Crippen LogP contribution in [0.1, 0.15) is 20.8 Å². The molecule has 0 saturated carbocycles. The minimum atomic E-state index is -1.74. The fourth-order valence-corrected chi connectivity index (χ4v) is 1.81. The van der Waals surface area contributed by atoms with E-state index >= 15 is 0 Å². The average Bonchev–Trinajstić information content (AvgIpc) is 2.21. The van der Waals surface area contributed by atoms with Crippen molar-refractivity contribution in [3.05, 3.63) is 0 Å². The van der Waals surface area contributed by atoms with Crippen molar-refractivity contribution >= 4 is 34.2 Å². The van der Waals surface area contributed by atoms with Gasteiger partial charge in [0, 0.05) is 13.8 Å². The zero-order valence-electron chi connectivity index (χ0n) is 9.81. The highest BCUT2D eigenvalue weighted by atomic mass is 79.9. The zero-order valence-corrected chi connectivity index (χ0v) is 11.4. The average molecular weight is 311 g/mol. The van der Waals surface area contributed by atoms with Gasteiger partial charge in [0.25, 0.3) is 0 Å². The molecule has 0 aliphatic carbocycles. The van der Waals surface area contributed by atoms with Gasteiger partial charge in [-0.1, -0.05) is 15.9 Å². The Hall–Kier alpha value is -0.950. The highest BCUT2D eigenvalue weighted by molar-refractivity contribution is 9.09. The first-order chi connectivity index (χ1) is 7.80. The summed E-state index contributed by atoms with van der Waals surface area (Å²) in [5.74, 6) is -1.40. The van der Waals surface area contributed by atoms with E-state index in [2.05, 4.69) is 15.9 Å². The van der Waals surface area contributed by atoms with Crippen molar-refractivity contribution in [2.24, 2.45) is 0 Å². The minimum Gasteiger partial charge on any atom is -0.455 e. The summed E-state index contributed by atoms with van der Waals surface area (Å²) in [5.41, 5.74) is -1.74. The summed E-state index contributed by atoms with van der Waals surface area (Å²) in [7, 11) is 0. The molecule has 0 aliphatic rings. The third kappa shape index (κ3) is 4.08. The van der Waals surface area contributed by atoms with Crippen LogP contribution in [-0.2, 0) is 23.9 Å². The molecule has 0 heterocycles. The van der Waals surface area contributed by atoms with E-state index in [1.807, 2.05) is 0 Å². The molecule has 0 amide bonds. The van der Waals surface area contributed by atoms with Crippen molar-refractivity contribution in [3.63, 3.8) is 0 Å². The Morgan fingerprint density at radius 1 is 1.41 bits per heavy atom. The Balaban J connectivity index is 5.29. The topological polar surface area (TPSA) is 89.9 Å². The Morgan fingerprint density at radius 2 is 1.94 bits per heavy atom. The summed E-state index contributed by atoms with van der Waals surface area (Å²) in [6.45, 7) is 3.16. The van der Waals surface area contributed by atoms with Gasteiger partial charge in [-0.15, -0.1) is 0 Å². The Labute approximate surface area is 107 Å². The lowest BCUT2D eigenvalue weighted by Crippen LogP contribution is -2.56. The van der Waals surface area contributed by atoms with E-state index < -0.39 is 35.1 Å². The number of hydrogen-bond donors (Lipinski definition) is 1. The van der Waals surface area contributed by atoms with Crippen LogP contribution in [0.15, 0.2) is 0 Å². The molecule has 0 saturated heterocycles. The molecule has 17 heavy (non-hydrogen) atoms. The van der Waals surface area contributed by atoms with E-state index in [0.29, 0.717) is 6.29 Å². The maximum absolute atomic E-state index is 11.2. The number of aliphatic hydroxyl groups excluding tert-OH is 1. The molecule has 0 aromatic heterocycles. The van der Waals surface area contributed by atoms with Gasteiger partial charge in [-0.3, -0.25) is 14.4 Å². The SMILES string of the molecule is CC(=O)OC(CO)C(C=O)(OC(C)=O)C(C)Br. The fraction of sp³-hybridized carbons (Fsp3) is 0.700. The molecule has 98 valence electrons. The van der Waals surface area contributed by atoms with Crippen LogP contribution < -0.4 is 0 Å². The van der Waals surface area contributed by atoms with Gasteiger partial charge >= 0.3 is 11.9 Å². The number of alkyl halides is 1. The van der Waals surface area contributed by atoms with Crippen molar-refractivity contribution < 1.29 is 29.0 Å². The van der Waals surface area contributed by atoms with Crippen molar-refractivity contribution in [1.82, 2.24) is 0 Å². The molecule has 0 rings (SSSR count). The summed E-state index contributed by atoms with van der Waals surface area (Å²) < 4.78 is 9.70. The van der Waals surface area contributed by atoms with E-state index in [9.17, 15) is 14.4 Å². The largest absolute Gasteiger partial charge is 0.455 e. The highest BCUT2D eigenvalue weighted by Crippen LogP contribution is 2.27. The lowest BCUT2D eigenvalue weighted by molar-refractivity contribution is -0.186. The zero-order chi connectivity index (χ0) is 13.6. The second kappa shape index (κ2) is 6.70. The predicted octanol–water partition coefficient (Wildman–Crippen LogP) is 0.195. The third-order valence-electron chi connectivity index (χ3n) is 2.10. The second-order valence-corrected chi connectivity index (χ2v) is 4.84. The Morgan fingerprint density at radius 3 is 2.18 bits per heavy atom. The van der Waals surface area contributed by atoms with E-state index in [-0.39, 0.29) is 0 Å². The molecule has 6 nitrogen and oxygen atoms in total. The first kappa shape index (κ1) is 16.1. The smallest absolute Gasteiger partial charge is 0.303 e. The van der Waals surface area contributed by atoms with E-state index in [1.165, 1.54) is 0 Å². The van der Waals surface area contributed by atoms with Gasteiger partial charge in [0.1, 0.15) is 0 Å². The first-order valence-electron chi connectivity index (χ1n) is 4.88. The minimum absolute atomic E-state index is 0.345. The van der Waals surface area contributed by atoms with Gasteiger partial charge in [-0.25, -0.2) is 0 Å². The van der Waals surface area contributed by atoms with Crippen LogP contribution in [0.5, 0.6) is 0 Å². The normalized spacial score (nSPS) is 17.5. The maximum Gasteiger partial charge on any atom is 0.303 e.